The Kier molecular flexibility index (Phi) is 4.76. The first-order chi connectivity index (χ1) is 8.24. The van der Waals surface area contributed by atoms with E-state index in [0.717, 1.165) is 39.2 Å². The van der Waals surface area contributed by atoms with E-state index in [9.17, 15) is 4.79 Å². The maximum Gasteiger partial charge on any atom is 0.220 e. The molecule has 0 radical (unpaired) electrons. The fraction of sp³-hybridized carbons (Fsp3) is 0.917. The lowest BCUT2D eigenvalue weighted by atomic mass is 10.0. The normalized spacial score (nSPS) is 30.4. The third-order valence-electron chi connectivity index (χ3n) is 3.51. The van der Waals surface area contributed by atoms with Crippen molar-refractivity contribution in [3.8, 4) is 0 Å². The Balaban J connectivity index is 1.61. The van der Waals surface area contributed by atoms with E-state index in [1.807, 2.05) is 0 Å². The highest BCUT2D eigenvalue weighted by Crippen LogP contribution is 2.11. The molecule has 2 fully saturated rings. The van der Waals surface area contributed by atoms with Crippen LogP contribution in [0.5, 0.6) is 0 Å². The topological polar surface area (TPSA) is 53.6 Å². The number of nitrogens with one attached hydrogen (secondary N) is 2. The largest absolute Gasteiger partial charge is 0.374 e. The predicted octanol–water partition coefficient (Wildman–Crippen LogP) is -0.567. The molecule has 0 aromatic heterocycles. The maximum absolute atomic E-state index is 11.7. The number of ether oxygens (including phenoxy) is 1. The minimum Gasteiger partial charge on any atom is -0.374 e. The van der Waals surface area contributed by atoms with E-state index in [1.54, 1.807) is 0 Å². The van der Waals surface area contributed by atoms with E-state index in [2.05, 4.69) is 22.6 Å². The van der Waals surface area contributed by atoms with Crippen molar-refractivity contribution in [2.24, 2.45) is 5.92 Å². The van der Waals surface area contributed by atoms with Gasteiger partial charge in [0.1, 0.15) is 0 Å². The molecule has 2 aliphatic heterocycles. The van der Waals surface area contributed by atoms with Gasteiger partial charge >= 0.3 is 0 Å². The van der Waals surface area contributed by atoms with Crippen molar-refractivity contribution in [2.45, 2.75) is 18.9 Å². The average molecular weight is 241 g/mol. The second kappa shape index (κ2) is 6.33. The van der Waals surface area contributed by atoms with E-state index in [1.165, 1.54) is 0 Å². The van der Waals surface area contributed by atoms with Gasteiger partial charge in [0, 0.05) is 26.1 Å². The highest BCUT2D eigenvalue weighted by atomic mass is 16.5. The number of morpholine rings is 1. The number of nitrogens with zero attached hydrogens (tertiary/aromatic N) is 1. The zero-order chi connectivity index (χ0) is 12.1. The number of likely N-dealkylation sites (N-methyl/N-ethyl adjacent to an activating group) is 1. The molecule has 2 saturated heterocycles. The van der Waals surface area contributed by atoms with Crippen LogP contribution < -0.4 is 10.6 Å². The summed E-state index contributed by atoms with van der Waals surface area (Å²) in [5, 5.41) is 6.26. The van der Waals surface area contributed by atoms with Crippen molar-refractivity contribution in [3.05, 3.63) is 0 Å². The van der Waals surface area contributed by atoms with Gasteiger partial charge in [-0.05, 0) is 32.5 Å². The second-order valence-corrected chi connectivity index (χ2v) is 5.12. The zero-order valence-corrected chi connectivity index (χ0v) is 10.6. The number of rotatable bonds is 4. The van der Waals surface area contributed by atoms with Crippen molar-refractivity contribution in [1.29, 1.82) is 0 Å². The van der Waals surface area contributed by atoms with Gasteiger partial charge in [-0.3, -0.25) is 4.79 Å². The van der Waals surface area contributed by atoms with Gasteiger partial charge in [-0.25, -0.2) is 0 Å². The molecule has 2 N–H and O–H groups in total. The van der Waals surface area contributed by atoms with Gasteiger partial charge < -0.3 is 20.3 Å². The lowest BCUT2D eigenvalue weighted by Gasteiger charge is -2.30. The van der Waals surface area contributed by atoms with Crippen molar-refractivity contribution in [3.63, 3.8) is 0 Å². The first-order valence-corrected chi connectivity index (χ1v) is 6.51. The quantitative estimate of drug-likeness (QED) is 0.692. The molecule has 0 aromatic rings. The van der Waals surface area contributed by atoms with Gasteiger partial charge in [-0.15, -0.1) is 0 Å². The third-order valence-corrected chi connectivity index (χ3v) is 3.51. The highest BCUT2D eigenvalue weighted by Gasteiger charge is 2.20. The zero-order valence-electron chi connectivity index (χ0n) is 10.6. The summed E-state index contributed by atoms with van der Waals surface area (Å²) in [7, 11) is 2.08. The Hall–Kier alpha value is -0.650. The molecule has 98 valence electrons. The van der Waals surface area contributed by atoms with Gasteiger partial charge in [0.2, 0.25) is 5.91 Å². The SMILES string of the molecule is CN1CCOC(CNC(=O)CC2CCNC2)C1. The molecule has 0 aliphatic carbocycles. The number of amides is 1. The van der Waals surface area contributed by atoms with Gasteiger partial charge in [-0.1, -0.05) is 0 Å². The molecule has 0 aromatic carbocycles. The predicted molar refractivity (Wildman–Crippen MR) is 65.8 cm³/mol. The first-order valence-electron chi connectivity index (χ1n) is 6.51. The van der Waals surface area contributed by atoms with E-state index >= 15 is 0 Å². The van der Waals surface area contributed by atoms with Crippen molar-refractivity contribution >= 4 is 5.91 Å². The smallest absolute Gasteiger partial charge is 0.220 e. The van der Waals surface area contributed by atoms with Crippen molar-refractivity contribution in [2.75, 3.05) is 46.4 Å². The maximum atomic E-state index is 11.7. The van der Waals surface area contributed by atoms with Crippen molar-refractivity contribution in [1.82, 2.24) is 15.5 Å². The minimum atomic E-state index is 0.152. The molecule has 2 heterocycles. The molecule has 17 heavy (non-hydrogen) atoms. The fourth-order valence-electron chi connectivity index (χ4n) is 2.44. The minimum absolute atomic E-state index is 0.152. The Bertz CT molecular complexity index is 254. The summed E-state index contributed by atoms with van der Waals surface area (Å²) >= 11 is 0. The molecule has 2 atom stereocenters. The van der Waals surface area contributed by atoms with Crippen LogP contribution in [-0.4, -0.2) is 63.3 Å². The van der Waals surface area contributed by atoms with E-state index in [0.29, 0.717) is 18.9 Å². The number of hydrogen-bond donors (Lipinski definition) is 2. The Morgan fingerprint density at radius 1 is 1.59 bits per heavy atom. The van der Waals surface area contributed by atoms with Crippen LogP contribution in [0, 0.1) is 5.92 Å². The molecule has 2 aliphatic rings. The summed E-state index contributed by atoms with van der Waals surface area (Å²) in [5.74, 6) is 0.681. The molecule has 0 spiro atoms. The summed E-state index contributed by atoms with van der Waals surface area (Å²) in [6, 6.07) is 0. The third kappa shape index (κ3) is 4.26. The van der Waals surface area contributed by atoms with Crippen LogP contribution in [0.25, 0.3) is 0 Å². The van der Waals surface area contributed by atoms with Gasteiger partial charge in [0.15, 0.2) is 0 Å². The molecule has 2 unspecified atom stereocenters. The van der Waals surface area contributed by atoms with Crippen LogP contribution >= 0.6 is 0 Å². The van der Waals surface area contributed by atoms with Crippen LogP contribution in [0.3, 0.4) is 0 Å². The van der Waals surface area contributed by atoms with Crippen LogP contribution in [0.1, 0.15) is 12.8 Å². The Labute approximate surface area is 103 Å². The number of carbonyl (C=O) groups is 1. The fourth-order valence-corrected chi connectivity index (χ4v) is 2.44. The monoisotopic (exact) mass is 241 g/mol. The van der Waals surface area contributed by atoms with E-state index in [-0.39, 0.29) is 12.0 Å². The Morgan fingerprint density at radius 2 is 2.47 bits per heavy atom. The lowest BCUT2D eigenvalue weighted by molar-refractivity contribution is -0.123. The molecule has 0 bridgehead atoms. The standard InChI is InChI=1S/C12H23N3O2/c1-15-4-5-17-11(9-15)8-14-12(16)6-10-2-3-13-7-10/h10-11,13H,2-9H2,1H3,(H,14,16). The average Bonchev–Trinajstić information content (AvgIpc) is 2.79. The molecular weight excluding hydrogens is 218 g/mol. The summed E-state index contributed by atoms with van der Waals surface area (Å²) < 4.78 is 5.60. The summed E-state index contributed by atoms with van der Waals surface area (Å²) in [4.78, 5) is 14.0. The number of carbonyl (C=O) groups excluding carboxylic acids is 1. The highest BCUT2D eigenvalue weighted by molar-refractivity contribution is 5.76. The summed E-state index contributed by atoms with van der Waals surface area (Å²) in [6.07, 6.45) is 1.92. The van der Waals surface area contributed by atoms with Crippen molar-refractivity contribution < 1.29 is 9.53 Å². The molecule has 5 heteroatoms. The van der Waals surface area contributed by atoms with Crippen LogP contribution in [0.2, 0.25) is 0 Å². The van der Waals surface area contributed by atoms with E-state index < -0.39 is 0 Å². The lowest BCUT2D eigenvalue weighted by Crippen LogP contribution is -2.46. The Morgan fingerprint density at radius 3 is 3.18 bits per heavy atom. The van der Waals surface area contributed by atoms with Crippen LogP contribution in [0.15, 0.2) is 0 Å². The molecule has 2 rings (SSSR count). The first kappa shape index (κ1) is 12.8. The molecule has 1 amide bonds. The number of hydrogen-bond acceptors (Lipinski definition) is 4. The molecule has 0 saturated carbocycles. The van der Waals surface area contributed by atoms with Gasteiger partial charge in [-0.2, -0.15) is 0 Å². The van der Waals surface area contributed by atoms with Crippen LogP contribution in [-0.2, 0) is 9.53 Å². The van der Waals surface area contributed by atoms with E-state index in [4.69, 9.17) is 4.74 Å². The summed E-state index contributed by atoms with van der Waals surface area (Å²) in [6.45, 7) is 5.33. The second-order valence-electron chi connectivity index (χ2n) is 5.12. The molecular formula is C12H23N3O2. The molecule has 5 nitrogen and oxygen atoms in total. The van der Waals surface area contributed by atoms with Gasteiger partial charge in [0.25, 0.3) is 0 Å². The summed E-state index contributed by atoms with van der Waals surface area (Å²) in [5.41, 5.74) is 0. The van der Waals surface area contributed by atoms with Crippen LogP contribution in [0.4, 0.5) is 0 Å². The van der Waals surface area contributed by atoms with Gasteiger partial charge in [0.05, 0.1) is 12.7 Å².